The summed E-state index contributed by atoms with van der Waals surface area (Å²) in [7, 11) is 0. The molecule has 0 unspecified atom stereocenters. The molecule has 2 aromatic rings. The van der Waals surface area contributed by atoms with E-state index >= 15 is 0 Å². The third kappa shape index (κ3) is 4.24. The fourth-order valence-corrected chi connectivity index (χ4v) is 3.06. The van der Waals surface area contributed by atoms with Gasteiger partial charge < -0.3 is 10.2 Å². The molecule has 0 aromatic heterocycles. The Bertz CT molecular complexity index is 766. The summed E-state index contributed by atoms with van der Waals surface area (Å²) in [4.78, 5) is 26.5. The minimum Gasteiger partial charge on any atom is -0.349 e. The first-order valence-corrected chi connectivity index (χ1v) is 8.45. The van der Waals surface area contributed by atoms with Crippen LogP contribution in [0.25, 0.3) is 0 Å². The third-order valence-electron chi connectivity index (χ3n) is 4.49. The van der Waals surface area contributed by atoms with Gasteiger partial charge in [0.2, 0.25) is 0 Å². The molecule has 0 bridgehead atoms. The van der Waals surface area contributed by atoms with Crippen LogP contribution >= 0.6 is 0 Å². The van der Waals surface area contributed by atoms with E-state index in [0.717, 1.165) is 5.56 Å². The Hall–Kier alpha value is -2.69. The first-order chi connectivity index (χ1) is 12.0. The van der Waals surface area contributed by atoms with Crippen molar-refractivity contribution in [3.8, 4) is 0 Å². The van der Waals surface area contributed by atoms with Crippen LogP contribution in [0.2, 0.25) is 0 Å². The van der Waals surface area contributed by atoms with Gasteiger partial charge in [-0.15, -0.1) is 0 Å². The molecular weight excluding hydrogens is 319 g/mol. The molecule has 0 radical (unpaired) electrons. The summed E-state index contributed by atoms with van der Waals surface area (Å²) in [6.07, 6.45) is 1.43. The molecule has 2 amide bonds. The van der Waals surface area contributed by atoms with Crippen LogP contribution in [0.5, 0.6) is 0 Å². The standard InChI is InChI=1S/C20H21FN2O2/c1-14-3-2-4-16(13-14)19(24)22-18-9-11-23(12-10-18)20(25)15-5-7-17(21)8-6-15/h2-8,13,18H,9-12H2,1H3,(H,22,24). The molecule has 1 aliphatic rings. The number of hydrogen-bond acceptors (Lipinski definition) is 2. The molecule has 1 heterocycles. The van der Waals surface area contributed by atoms with Crippen molar-refractivity contribution in [2.24, 2.45) is 0 Å². The molecule has 3 rings (SSSR count). The van der Waals surface area contributed by atoms with Crippen LogP contribution in [0.4, 0.5) is 4.39 Å². The molecule has 0 spiro atoms. The SMILES string of the molecule is Cc1cccc(C(=O)NC2CCN(C(=O)c3ccc(F)cc3)CC2)c1. The topological polar surface area (TPSA) is 49.4 Å². The second kappa shape index (κ2) is 7.47. The third-order valence-corrected chi connectivity index (χ3v) is 4.49. The lowest BCUT2D eigenvalue weighted by atomic mass is 10.0. The lowest BCUT2D eigenvalue weighted by molar-refractivity contribution is 0.0698. The van der Waals surface area contributed by atoms with Crippen LogP contribution in [0.15, 0.2) is 48.5 Å². The van der Waals surface area contributed by atoms with E-state index in [0.29, 0.717) is 37.1 Å². The van der Waals surface area contributed by atoms with Crippen molar-refractivity contribution in [3.05, 3.63) is 71.0 Å². The summed E-state index contributed by atoms with van der Waals surface area (Å²) in [6, 6.07) is 13.1. The van der Waals surface area contributed by atoms with Gasteiger partial charge in [-0.25, -0.2) is 4.39 Å². The average Bonchev–Trinajstić information content (AvgIpc) is 2.62. The van der Waals surface area contributed by atoms with E-state index in [2.05, 4.69) is 5.32 Å². The summed E-state index contributed by atoms with van der Waals surface area (Å²) in [5, 5.41) is 3.04. The van der Waals surface area contributed by atoms with Crippen molar-refractivity contribution >= 4 is 11.8 Å². The zero-order chi connectivity index (χ0) is 17.8. The zero-order valence-electron chi connectivity index (χ0n) is 14.2. The summed E-state index contributed by atoms with van der Waals surface area (Å²) < 4.78 is 13.0. The Morgan fingerprint density at radius 3 is 2.36 bits per heavy atom. The van der Waals surface area contributed by atoms with Crippen LogP contribution in [-0.4, -0.2) is 35.8 Å². The number of nitrogens with one attached hydrogen (secondary N) is 1. The largest absolute Gasteiger partial charge is 0.349 e. The first-order valence-electron chi connectivity index (χ1n) is 8.45. The highest BCUT2D eigenvalue weighted by molar-refractivity contribution is 5.95. The van der Waals surface area contributed by atoms with Gasteiger partial charge in [-0.3, -0.25) is 9.59 Å². The number of carbonyl (C=O) groups excluding carboxylic acids is 2. The van der Waals surface area contributed by atoms with Gasteiger partial charge in [0.25, 0.3) is 11.8 Å². The number of nitrogens with zero attached hydrogens (tertiary/aromatic N) is 1. The number of aryl methyl sites for hydroxylation is 1. The Morgan fingerprint density at radius 2 is 1.72 bits per heavy atom. The zero-order valence-corrected chi connectivity index (χ0v) is 14.2. The summed E-state index contributed by atoms with van der Waals surface area (Å²) in [6.45, 7) is 3.11. The minimum atomic E-state index is -0.353. The van der Waals surface area contributed by atoms with Gasteiger partial charge in [0, 0.05) is 30.3 Å². The van der Waals surface area contributed by atoms with Gasteiger partial charge in [0.15, 0.2) is 0 Å². The predicted octanol–water partition coefficient (Wildman–Crippen LogP) is 3.17. The number of benzene rings is 2. The van der Waals surface area contributed by atoms with Crippen molar-refractivity contribution in [2.75, 3.05) is 13.1 Å². The number of rotatable bonds is 3. The minimum absolute atomic E-state index is 0.0604. The first kappa shape index (κ1) is 17.1. The van der Waals surface area contributed by atoms with E-state index in [1.165, 1.54) is 24.3 Å². The maximum Gasteiger partial charge on any atom is 0.253 e. The van der Waals surface area contributed by atoms with Crippen LogP contribution in [0.1, 0.15) is 39.1 Å². The quantitative estimate of drug-likeness (QED) is 0.933. The number of hydrogen-bond donors (Lipinski definition) is 1. The summed E-state index contributed by atoms with van der Waals surface area (Å²) >= 11 is 0. The molecule has 2 aromatic carbocycles. The Labute approximate surface area is 146 Å². The van der Waals surface area contributed by atoms with Crippen LogP contribution in [-0.2, 0) is 0 Å². The van der Waals surface area contributed by atoms with Gasteiger partial charge in [0.05, 0.1) is 0 Å². The fraction of sp³-hybridized carbons (Fsp3) is 0.300. The van der Waals surface area contributed by atoms with E-state index in [1.54, 1.807) is 11.0 Å². The molecule has 130 valence electrons. The molecular formula is C20H21FN2O2. The highest BCUT2D eigenvalue weighted by Gasteiger charge is 2.24. The molecule has 0 atom stereocenters. The normalized spacial score (nSPS) is 15.0. The smallest absolute Gasteiger partial charge is 0.253 e. The van der Waals surface area contributed by atoms with Gasteiger partial charge in [-0.05, 0) is 56.2 Å². The Morgan fingerprint density at radius 1 is 1.04 bits per heavy atom. The number of likely N-dealkylation sites (tertiary alicyclic amines) is 1. The molecule has 1 N–H and O–H groups in total. The second-order valence-electron chi connectivity index (χ2n) is 6.42. The van der Waals surface area contributed by atoms with Crippen molar-refractivity contribution in [3.63, 3.8) is 0 Å². The molecule has 25 heavy (non-hydrogen) atoms. The van der Waals surface area contributed by atoms with Crippen LogP contribution in [0.3, 0.4) is 0 Å². The van der Waals surface area contributed by atoms with E-state index in [-0.39, 0.29) is 23.7 Å². The number of piperidine rings is 1. The molecule has 1 fully saturated rings. The second-order valence-corrected chi connectivity index (χ2v) is 6.42. The van der Waals surface area contributed by atoms with Crippen molar-refractivity contribution in [1.82, 2.24) is 10.2 Å². The van der Waals surface area contributed by atoms with E-state index in [4.69, 9.17) is 0 Å². The fourth-order valence-electron chi connectivity index (χ4n) is 3.06. The van der Waals surface area contributed by atoms with Gasteiger partial charge in [0.1, 0.15) is 5.82 Å². The van der Waals surface area contributed by atoms with Crippen molar-refractivity contribution in [2.45, 2.75) is 25.8 Å². The van der Waals surface area contributed by atoms with E-state index in [9.17, 15) is 14.0 Å². The average molecular weight is 340 g/mol. The molecule has 1 saturated heterocycles. The van der Waals surface area contributed by atoms with Gasteiger partial charge in [-0.2, -0.15) is 0 Å². The maximum atomic E-state index is 13.0. The predicted molar refractivity (Wildman–Crippen MR) is 94.0 cm³/mol. The summed E-state index contributed by atoms with van der Waals surface area (Å²) in [5.74, 6) is -0.524. The van der Waals surface area contributed by atoms with Crippen LogP contribution < -0.4 is 5.32 Å². The summed E-state index contributed by atoms with van der Waals surface area (Å²) in [5.41, 5.74) is 2.20. The molecule has 0 saturated carbocycles. The number of amides is 2. The van der Waals surface area contributed by atoms with Crippen LogP contribution in [0, 0.1) is 12.7 Å². The van der Waals surface area contributed by atoms with E-state index in [1.807, 2.05) is 25.1 Å². The van der Waals surface area contributed by atoms with E-state index < -0.39 is 0 Å². The van der Waals surface area contributed by atoms with Crippen molar-refractivity contribution < 1.29 is 14.0 Å². The van der Waals surface area contributed by atoms with Gasteiger partial charge in [-0.1, -0.05) is 17.7 Å². The lowest BCUT2D eigenvalue weighted by Crippen LogP contribution is -2.46. The maximum absolute atomic E-state index is 13.0. The highest BCUT2D eigenvalue weighted by Crippen LogP contribution is 2.15. The molecule has 4 nitrogen and oxygen atoms in total. The highest BCUT2D eigenvalue weighted by atomic mass is 19.1. The molecule has 0 aliphatic carbocycles. The molecule has 5 heteroatoms. The molecule has 1 aliphatic heterocycles. The van der Waals surface area contributed by atoms with Crippen molar-refractivity contribution in [1.29, 1.82) is 0 Å². The monoisotopic (exact) mass is 340 g/mol. The van der Waals surface area contributed by atoms with Gasteiger partial charge >= 0.3 is 0 Å². The Kier molecular flexibility index (Phi) is 5.12. The number of carbonyl (C=O) groups is 2. The number of halogens is 1. The Balaban J connectivity index is 1.54. The lowest BCUT2D eigenvalue weighted by Gasteiger charge is -2.32.